The van der Waals surface area contributed by atoms with Gasteiger partial charge in [0.2, 0.25) is 15.9 Å². The number of nitrogens with one attached hydrogen (secondary N) is 1. The number of hydrogen-bond acceptors (Lipinski definition) is 4. The predicted octanol–water partition coefficient (Wildman–Crippen LogP) is 2.25. The van der Waals surface area contributed by atoms with E-state index >= 15 is 0 Å². The molecule has 1 aliphatic rings. The molecule has 0 aliphatic carbocycles. The van der Waals surface area contributed by atoms with Crippen molar-refractivity contribution in [1.29, 1.82) is 0 Å². The molecule has 140 valence electrons. The normalized spacial score (nSPS) is 16.9. The summed E-state index contributed by atoms with van der Waals surface area (Å²) in [7, 11) is -3.58. The zero-order chi connectivity index (χ0) is 18.4. The summed E-state index contributed by atoms with van der Waals surface area (Å²) in [6.45, 7) is 2.98. The third kappa shape index (κ3) is 6.11. The Morgan fingerprint density at radius 1 is 1.20 bits per heavy atom. The number of carbonyl (C=O) groups excluding carboxylic acids is 1. The van der Waals surface area contributed by atoms with Crippen LogP contribution in [0.1, 0.15) is 25.7 Å². The van der Waals surface area contributed by atoms with E-state index in [1.54, 1.807) is 0 Å². The summed E-state index contributed by atoms with van der Waals surface area (Å²) in [5.74, 6) is -0.217. The van der Waals surface area contributed by atoms with E-state index in [9.17, 15) is 13.2 Å². The van der Waals surface area contributed by atoms with Gasteiger partial charge in [0.25, 0.3) is 0 Å². The lowest BCUT2D eigenvalue weighted by Gasteiger charge is -2.30. The first kappa shape index (κ1) is 20.5. The molecule has 0 saturated carbocycles. The van der Waals surface area contributed by atoms with E-state index in [2.05, 4.69) is 9.62 Å². The average molecular weight is 408 g/mol. The minimum absolute atomic E-state index is 0.00532. The number of nitrogens with zero attached hydrogens (tertiary/aromatic N) is 1. The van der Waals surface area contributed by atoms with E-state index in [0.717, 1.165) is 45.3 Å². The van der Waals surface area contributed by atoms with Crippen LogP contribution in [0.5, 0.6) is 0 Å². The number of likely N-dealkylation sites (tertiary alicyclic amines) is 1. The minimum Gasteiger partial charge on any atom is -0.369 e. The number of amides is 1. The molecule has 2 rings (SSSR count). The summed E-state index contributed by atoms with van der Waals surface area (Å²) >= 11 is 11.7. The number of carbonyl (C=O) groups is 1. The molecular weight excluding hydrogens is 385 g/mol. The Morgan fingerprint density at radius 2 is 1.88 bits per heavy atom. The van der Waals surface area contributed by atoms with Crippen LogP contribution >= 0.6 is 23.2 Å². The highest BCUT2D eigenvalue weighted by molar-refractivity contribution is 7.89. The molecule has 0 atom stereocenters. The van der Waals surface area contributed by atoms with Crippen molar-refractivity contribution in [2.45, 2.75) is 30.6 Å². The monoisotopic (exact) mass is 407 g/mol. The molecule has 1 aromatic rings. The zero-order valence-corrected chi connectivity index (χ0v) is 16.2. The van der Waals surface area contributed by atoms with Crippen LogP contribution in [0.3, 0.4) is 0 Å². The molecule has 1 heterocycles. The lowest BCUT2D eigenvalue weighted by Crippen LogP contribution is -2.39. The maximum Gasteiger partial charge on any atom is 0.240 e. The van der Waals surface area contributed by atoms with Crippen molar-refractivity contribution in [1.82, 2.24) is 9.62 Å². The Kier molecular flexibility index (Phi) is 7.51. The van der Waals surface area contributed by atoms with E-state index in [4.69, 9.17) is 28.9 Å². The molecule has 25 heavy (non-hydrogen) atoms. The minimum atomic E-state index is -3.58. The highest BCUT2D eigenvalue weighted by Crippen LogP contribution is 2.24. The van der Waals surface area contributed by atoms with Crippen LogP contribution in [0.4, 0.5) is 0 Å². The van der Waals surface area contributed by atoms with Crippen molar-refractivity contribution < 1.29 is 13.2 Å². The van der Waals surface area contributed by atoms with Gasteiger partial charge in [0.15, 0.2) is 0 Å². The number of nitrogens with two attached hydrogens (primary N) is 1. The number of sulfonamides is 1. The van der Waals surface area contributed by atoms with Crippen LogP contribution in [-0.2, 0) is 14.8 Å². The fraction of sp³-hybridized carbons (Fsp3) is 0.562. The SMILES string of the molecule is NC(=O)C1CCN(CCCCNS(=O)(=O)c2ccc(Cl)c(Cl)c2)CC1. The fourth-order valence-corrected chi connectivity index (χ4v) is 4.30. The van der Waals surface area contributed by atoms with Crippen molar-refractivity contribution in [3.63, 3.8) is 0 Å². The number of hydrogen-bond donors (Lipinski definition) is 2. The number of primary amides is 1. The molecule has 1 aromatic carbocycles. The lowest BCUT2D eigenvalue weighted by atomic mass is 9.96. The van der Waals surface area contributed by atoms with Gasteiger partial charge in [-0.25, -0.2) is 13.1 Å². The first-order valence-electron chi connectivity index (χ1n) is 8.26. The van der Waals surface area contributed by atoms with Gasteiger partial charge in [-0.05, 0) is 63.5 Å². The van der Waals surface area contributed by atoms with Crippen LogP contribution in [0.25, 0.3) is 0 Å². The maximum absolute atomic E-state index is 12.2. The molecule has 0 aromatic heterocycles. The molecule has 1 amide bonds. The zero-order valence-electron chi connectivity index (χ0n) is 13.9. The number of halogens is 2. The number of rotatable bonds is 8. The van der Waals surface area contributed by atoms with Gasteiger partial charge >= 0.3 is 0 Å². The fourth-order valence-electron chi connectivity index (χ4n) is 2.84. The number of benzene rings is 1. The lowest BCUT2D eigenvalue weighted by molar-refractivity contribution is -0.123. The quantitative estimate of drug-likeness (QED) is 0.646. The highest BCUT2D eigenvalue weighted by atomic mass is 35.5. The summed E-state index contributed by atoms with van der Waals surface area (Å²) in [6.07, 6.45) is 3.22. The van der Waals surface area contributed by atoms with Gasteiger partial charge in [0.05, 0.1) is 14.9 Å². The predicted molar refractivity (Wildman–Crippen MR) is 99.2 cm³/mol. The standard InChI is InChI=1S/C16H23Cl2N3O3S/c17-14-4-3-13(11-15(14)18)25(23,24)20-7-1-2-8-21-9-5-12(6-10-21)16(19)22/h3-4,11-12,20H,1-2,5-10H2,(H2,19,22). The molecule has 0 radical (unpaired) electrons. The third-order valence-corrected chi connectivity index (χ3v) is 6.58. The second-order valence-corrected chi connectivity index (χ2v) is 8.78. The van der Waals surface area contributed by atoms with Gasteiger partial charge in [0, 0.05) is 12.5 Å². The summed E-state index contributed by atoms with van der Waals surface area (Å²) < 4.78 is 27.0. The van der Waals surface area contributed by atoms with Gasteiger partial charge in [0.1, 0.15) is 0 Å². The molecule has 1 fully saturated rings. The molecule has 9 heteroatoms. The Balaban J connectivity index is 1.69. The summed E-state index contributed by atoms with van der Waals surface area (Å²) in [5, 5.41) is 0.532. The van der Waals surface area contributed by atoms with Gasteiger partial charge < -0.3 is 10.6 Å². The van der Waals surface area contributed by atoms with Gasteiger partial charge in [-0.15, -0.1) is 0 Å². The largest absolute Gasteiger partial charge is 0.369 e. The van der Waals surface area contributed by atoms with Crippen molar-refractivity contribution in [2.75, 3.05) is 26.2 Å². The Morgan fingerprint density at radius 3 is 2.48 bits per heavy atom. The first-order chi connectivity index (χ1) is 11.8. The summed E-state index contributed by atoms with van der Waals surface area (Å²) in [5.41, 5.74) is 5.32. The molecule has 1 aliphatic heterocycles. The van der Waals surface area contributed by atoms with Crippen molar-refractivity contribution in [2.24, 2.45) is 11.7 Å². The first-order valence-corrected chi connectivity index (χ1v) is 10.5. The Labute approximate surface area is 158 Å². The average Bonchev–Trinajstić information content (AvgIpc) is 2.57. The van der Waals surface area contributed by atoms with E-state index < -0.39 is 10.0 Å². The Hall–Kier alpha value is -0.860. The molecule has 1 saturated heterocycles. The van der Waals surface area contributed by atoms with Gasteiger partial charge in [-0.2, -0.15) is 0 Å². The maximum atomic E-state index is 12.2. The molecule has 0 spiro atoms. The highest BCUT2D eigenvalue weighted by Gasteiger charge is 2.22. The molecule has 6 nitrogen and oxygen atoms in total. The van der Waals surface area contributed by atoms with Gasteiger partial charge in [-0.3, -0.25) is 4.79 Å². The van der Waals surface area contributed by atoms with Crippen LogP contribution in [0.2, 0.25) is 10.0 Å². The van der Waals surface area contributed by atoms with Crippen LogP contribution in [-0.4, -0.2) is 45.4 Å². The number of piperidine rings is 1. The van der Waals surface area contributed by atoms with E-state index in [0.29, 0.717) is 11.6 Å². The second-order valence-electron chi connectivity index (χ2n) is 6.20. The smallest absolute Gasteiger partial charge is 0.240 e. The van der Waals surface area contributed by atoms with E-state index in [1.165, 1.54) is 18.2 Å². The van der Waals surface area contributed by atoms with Crippen LogP contribution in [0.15, 0.2) is 23.1 Å². The molecular formula is C16H23Cl2N3O3S. The molecule has 0 unspecified atom stereocenters. The van der Waals surface area contributed by atoms with Crippen molar-refractivity contribution >= 4 is 39.1 Å². The third-order valence-electron chi connectivity index (χ3n) is 4.38. The van der Waals surface area contributed by atoms with Crippen molar-refractivity contribution in [3.05, 3.63) is 28.2 Å². The van der Waals surface area contributed by atoms with Crippen LogP contribution < -0.4 is 10.5 Å². The molecule has 3 N–H and O–H groups in total. The molecule has 0 bridgehead atoms. The Bertz CT molecular complexity index is 705. The topological polar surface area (TPSA) is 92.5 Å². The summed E-state index contributed by atoms with van der Waals surface area (Å²) in [6, 6.07) is 4.24. The van der Waals surface area contributed by atoms with E-state index in [1.807, 2.05) is 0 Å². The van der Waals surface area contributed by atoms with E-state index in [-0.39, 0.29) is 21.7 Å². The second kappa shape index (κ2) is 9.19. The van der Waals surface area contributed by atoms with Gasteiger partial charge in [-0.1, -0.05) is 23.2 Å². The summed E-state index contributed by atoms with van der Waals surface area (Å²) in [4.78, 5) is 13.5. The van der Waals surface area contributed by atoms with Crippen LogP contribution in [0, 0.1) is 5.92 Å². The van der Waals surface area contributed by atoms with Crippen molar-refractivity contribution in [3.8, 4) is 0 Å². The number of unbranched alkanes of at least 4 members (excludes halogenated alkanes) is 1.